The largest absolute Gasteiger partial charge is 0.493 e. The second-order valence-electron chi connectivity index (χ2n) is 5.22. The molecule has 6 nitrogen and oxygen atoms in total. The predicted molar refractivity (Wildman–Crippen MR) is 96.5 cm³/mol. The third-order valence-corrected chi connectivity index (χ3v) is 3.94. The second kappa shape index (κ2) is 7.40. The van der Waals surface area contributed by atoms with Crippen LogP contribution < -0.4 is 15.0 Å². The van der Waals surface area contributed by atoms with E-state index >= 15 is 0 Å². The lowest BCUT2D eigenvalue weighted by Crippen LogP contribution is -2.14. The van der Waals surface area contributed by atoms with Gasteiger partial charge in [-0.15, -0.1) is 0 Å². The van der Waals surface area contributed by atoms with Crippen molar-refractivity contribution in [2.45, 2.75) is 6.42 Å². The van der Waals surface area contributed by atoms with E-state index in [-0.39, 0.29) is 5.75 Å². The van der Waals surface area contributed by atoms with Crippen LogP contribution in [0.25, 0.3) is 0 Å². The van der Waals surface area contributed by atoms with Crippen LogP contribution in [-0.2, 0) is 6.42 Å². The molecule has 1 heterocycles. The number of ether oxygens (including phenoxy) is 2. The van der Waals surface area contributed by atoms with Crippen molar-refractivity contribution < 1.29 is 14.6 Å². The Hall–Kier alpha value is -2.80. The van der Waals surface area contributed by atoms with E-state index in [1.807, 2.05) is 24.3 Å². The van der Waals surface area contributed by atoms with E-state index in [4.69, 9.17) is 9.47 Å². The zero-order valence-corrected chi connectivity index (χ0v) is 14.9. The molecule has 2 N–H and O–H groups in total. The van der Waals surface area contributed by atoms with Gasteiger partial charge in [-0.25, -0.2) is 0 Å². The standard InChI is InChI=1S/C18H15BrN2O4/c1-24-13-7-2-3-8-14(13)25-16-17(22)20-15(21-18(16)23)10-11-5-4-6-12(19)9-11/h2-9H,10H2,1H3,(H2,20,21,22,23). The number of rotatable bonds is 5. The lowest BCUT2D eigenvalue weighted by Gasteiger charge is -2.10. The zero-order valence-electron chi connectivity index (χ0n) is 13.3. The molecule has 0 atom stereocenters. The van der Waals surface area contributed by atoms with Crippen LogP contribution in [0.4, 0.5) is 0 Å². The molecule has 2 aromatic carbocycles. The number of halogens is 1. The van der Waals surface area contributed by atoms with E-state index in [9.17, 15) is 9.90 Å². The fourth-order valence-electron chi connectivity index (χ4n) is 2.32. The molecule has 0 unspecified atom stereocenters. The fraction of sp³-hybridized carbons (Fsp3) is 0.111. The van der Waals surface area contributed by atoms with Gasteiger partial charge in [0, 0.05) is 10.9 Å². The first-order valence-electron chi connectivity index (χ1n) is 7.44. The minimum atomic E-state index is -0.566. The van der Waals surface area contributed by atoms with Gasteiger partial charge in [-0.2, -0.15) is 4.98 Å². The van der Waals surface area contributed by atoms with Crippen molar-refractivity contribution in [3.63, 3.8) is 0 Å². The average Bonchev–Trinajstić information content (AvgIpc) is 2.58. The summed E-state index contributed by atoms with van der Waals surface area (Å²) in [7, 11) is 1.49. The molecule has 0 fully saturated rings. The highest BCUT2D eigenvalue weighted by atomic mass is 79.9. The lowest BCUT2D eigenvalue weighted by atomic mass is 10.1. The van der Waals surface area contributed by atoms with Gasteiger partial charge in [-0.3, -0.25) is 4.79 Å². The Kier molecular flexibility index (Phi) is 5.04. The van der Waals surface area contributed by atoms with Crippen molar-refractivity contribution in [3.8, 4) is 23.1 Å². The Morgan fingerprint density at radius 3 is 2.60 bits per heavy atom. The average molecular weight is 403 g/mol. The van der Waals surface area contributed by atoms with Crippen LogP contribution in [0.3, 0.4) is 0 Å². The topological polar surface area (TPSA) is 84.4 Å². The monoisotopic (exact) mass is 402 g/mol. The van der Waals surface area contributed by atoms with Crippen LogP contribution in [-0.4, -0.2) is 22.2 Å². The van der Waals surface area contributed by atoms with Crippen LogP contribution >= 0.6 is 15.9 Å². The number of hydrogen-bond acceptors (Lipinski definition) is 5. The summed E-state index contributed by atoms with van der Waals surface area (Å²) in [5.74, 6) is 0.349. The number of aromatic nitrogens is 2. The Bertz CT molecular complexity index is 956. The summed E-state index contributed by atoms with van der Waals surface area (Å²) < 4.78 is 11.6. The van der Waals surface area contributed by atoms with Crippen LogP contribution in [0.5, 0.6) is 23.1 Å². The zero-order chi connectivity index (χ0) is 17.8. The van der Waals surface area contributed by atoms with Gasteiger partial charge in [0.15, 0.2) is 11.5 Å². The van der Waals surface area contributed by atoms with Gasteiger partial charge in [0.05, 0.1) is 7.11 Å². The van der Waals surface area contributed by atoms with Gasteiger partial charge in [-0.1, -0.05) is 40.2 Å². The fourth-order valence-corrected chi connectivity index (χ4v) is 2.77. The summed E-state index contributed by atoms with van der Waals surface area (Å²) in [6.45, 7) is 0. The molecule has 128 valence electrons. The molecule has 0 radical (unpaired) electrons. The molecular formula is C18H15BrN2O4. The molecular weight excluding hydrogens is 388 g/mol. The molecule has 3 rings (SSSR count). The first kappa shape index (κ1) is 17.0. The van der Waals surface area contributed by atoms with Gasteiger partial charge in [0.25, 0.3) is 17.2 Å². The van der Waals surface area contributed by atoms with Crippen molar-refractivity contribution in [3.05, 3.63) is 74.7 Å². The summed E-state index contributed by atoms with van der Waals surface area (Å²) in [6, 6.07) is 14.4. The Labute approximate surface area is 152 Å². The van der Waals surface area contributed by atoms with E-state index in [1.54, 1.807) is 24.3 Å². The quantitative estimate of drug-likeness (QED) is 0.680. The number of nitrogens with zero attached hydrogens (tertiary/aromatic N) is 1. The van der Waals surface area contributed by atoms with Gasteiger partial charge >= 0.3 is 0 Å². The highest BCUT2D eigenvalue weighted by Crippen LogP contribution is 2.32. The lowest BCUT2D eigenvalue weighted by molar-refractivity contribution is 0.356. The normalized spacial score (nSPS) is 10.5. The number of aromatic hydroxyl groups is 1. The number of nitrogens with one attached hydrogen (secondary N) is 1. The Morgan fingerprint density at radius 2 is 1.92 bits per heavy atom. The Balaban J connectivity index is 1.89. The maximum Gasteiger partial charge on any atom is 0.298 e. The summed E-state index contributed by atoms with van der Waals surface area (Å²) in [6.07, 6.45) is 0.372. The summed E-state index contributed by atoms with van der Waals surface area (Å²) >= 11 is 3.39. The predicted octanol–water partition coefficient (Wildman–Crippen LogP) is 3.63. The molecule has 0 bridgehead atoms. The third kappa shape index (κ3) is 4.00. The van der Waals surface area contributed by atoms with Gasteiger partial charge in [-0.05, 0) is 29.8 Å². The van der Waals surface area contributed by atoms with Crippen molar-refractivity contribution in [1.82, 2.24) is 9.97 Å². The molecule has 0 spiro atoms. The third-order valence-electron chi connectivity index (χ3n) is 3.45. The van der Waals surface area contributed by atoms with Gasteiger partial charge in [0.2, 0.25) is 0 Å². The highest BCUT2D eigenvalue weighted by Gasteiger charge is 2.15. The van der Waals surface area contributed by atoms with Crippen LogP contribution in [0.1, 0.15) is 11.4 Å². The van der Waals surface area contributed by atoms with Gasteiger partial charge < -0.3 is 19.6 Å². The minimum Gasteiger partial charge on any atom is -0.493 e. The van der Waals surface area contributed by atoms with Crippen LogP contribution in [0, 0.1) is 0 Å². The number of H-pyrrole nitrogens is 1. The van der Waals surface area contributed by atoms with E-state index in [1.165, 1.54) is 7.11 Å². The number of hydrogen-bond donors (Lipinski definition) is 2. The molecule has 0 aliphatic rings. The molecule has 7 heteroatoms. The smallest absolute Gasteiger partial charge is 0.298 e. The number of methoxy groups -OCH3 is 1. The maximum atomic E-state index is 12.3. The molecule has 0 aliphatic carbocycles. The summed E-state index contributed by atoms with van der Waals surface area (Å²) in [4.78, 5) is 19.0. The van der Waals surface area contributed by atoms with Crippen molar-refractivity contribution >= 4 is 15.9 Å². The molecule has 0 saturated carbocycles. The van der Waals surface area contributed by atoms with Crippen LogP contribution in [0.2, 0.25) is 0 Å². The molecule has 0 saturated heterocycles. The van der Waals surface area contributed by atoms with Crippen molar-refractivity contribution in [1.29, 1.82) is 0 Å². The molecule has 0 aliphatic heterocycles. The van der Waals surface area contributed by atoms with E-state index in [0.717, 1.165) is 10.0 Å². The molecule has 3 aromatic rings. The second-order valence-corrected chi connectivity index (χ2v) is 6.14. The number of para-hydroxylation sites is 2. The first-order chi connectivity index (χ1) is 12.1. The Morgan fingerprint density at radius 1 is 1.16 bits per heavy atom. The highest BCUT2D eigenvalue weighted by molar-refractivity contribution is 9.10. The van der Waals surface area contributed by atoms with Crippen LogP contribution in [0.15, 0.2) is 57.8 Å². The first-order valence-corrected chi connectivity index (χ1v) is 8.23. The van der Waals surface area contributed by atoms with E-state index in [2.05, 4.69) is 25.9 Å². The summed E-state index contributed by atoms with van der Waals surface area (Å²) in [5.41, 5.74) is 0.374. The SMILES string of the molecule is COc1ccccc1Oc1c(O)nc(Cc2cccc(Br)c2)[nH]c1=O. The molecule has 25 heavy (non-hydrogen) atoms. The molecule has 1 aromatic heterocycles. The summed E-state index contributed by atoms with van der Waals surface area (Å²) in [5, 5.41) is 10.1. The van der Waals surface area contributed by atoms with Crippen molar-refractivity contribution in [2.24, 2.45) is 0 Å². The minimum absolute atomic E-state index is 0.275. The van der Waals surface area contributed by atoms with E-state index in [0.29, 0.717) is 23.7 Å². The van der Waals surface area contributed by atoms with Crippen molar-refractivity contribution in [2.75, 3.05) is 7.11 Å². The van der Waals surface area contributed by atoms with Gasteiger partial charge in [0.1, 0.15) is 5.82 Å². The molecule has 0 amide bonds. The van der Waals surface area contributed by atoms with E-state index < -0.39 is 11.4 Å². The number of aromatic amines is 1. The maximum absolute atomic E-state index is 12.3. The number of benzene rings is 2.